The van der Waals surface area contributed by atoms with E-state index in [1.54, 1.807) is 24.5 Å². The highest BCUT2D eigenvalue weighted by molar-refractivity contribution is 5.76. The maximum Gasteiger partial charge on any atom is 0.223 e. The molecule has 1 aromatic heterocycles. The fourth-order valence-electron chi connectivity index (χ4n) is 1.66. The zero-order chi connectivity index (χ0) is 14.2. The second-order valence-electron chi connectivity index (χ2n) is 4.27. The fourth-order valence-corrected chi connectivity index (χ4v) is 1.66. The molecule has 0 fully saturated rings. The lowest BCUT2D eigenvalue weighted by Gasteiger charge is -2.09. The third kappa shape index (κ3) is 4.28. The molecule has 0 unspecified atom stereocenters. The van der Waals surface area contributed by atoms with E-state index in [0.29, 0.717) is 24.6 Å². The largest absolute Gasteiger partial charge is 0.491 e. The molecule has 104 valence electrons. The van der Waals surface area contributed by atoms with Gasteiger partial charge in [-0.3, -0.25) is 9.78 Å². The number of rotatable bonds is 6. The van der Waals surface area contributed by atoms with Crippen LogP contribution in [0.2, 0.25) is 0 Å². The summed E-state index contributed by atoms with van der Waals surface area (Å²) >= 11 is 0. The number of hydrogen-bond donors (Lipinski definition) is 2. The third-order valence-corrected chi connectivity index (χ3v) is 2.72. The number of aromatic nitrogens is 1. The van der Waals surface area contributed by atoms with Crippen LogP contribution < -0.4 is 15.8 Å². The summed E-state index contributed by atoms with van der Waals surface area (Å²) in [4.78, 5) is 15.6. The Balaban J connectivity index is 1.69. The van der Waals surface area contributed by atoms with Gasteiger partial charge in [-0.25, -0.2) is 0 Å². The Bertz CT molecular complexity index is 558. The SMILES string of the molecule is Nc1ccccc1OCCC(=O)NCc1cccnc1. The highest BCUT2D eigenvalue weighted by atomic mass is 16.5. The number of amides is 1. The topological polar surface area (TPSA) is 77.2 Å². The molecule has 5 nitrogen and oxygen atoms in total. The number of carbonyl (C=O) groups is 1. The lowest BCUT2D eigenvalue weighted by molar-refractivity contribution is -0.121. The van der Waals surface area contributed by atoms with Crippen molar-refractivity contribution in [2.24, 2.45) is 0 Å². The van der Waals surface area contributed by atoms with Crippen molar-refractivity contribution in [1.29, 1.82) is 0 Å². The van der Waals surface area contributed by atoms with Crippen molar-refractivity contribution in [3.05, 3.63) is 54.4 Å². The van der Waals surface area contributed by atoms with Crippen molar-refractivity contribution < 1.29 is 9.53 Å². The summed E-state index contributed by atoms with van der Waals surface area (Å²) in [5.41, 5.74) is 7.28. The number of hydrogen-bond acceptors (Lipinski definition) is 4. The zero-order valence-electron chi connectivity index (χ0n) is 11.1. The molecule has 1 heterocycles. The molecule has 0 aliphatic heterocycles. The van der Waals surface area contributed by atoms with Gasteiger partial charge in [0.2, 0.25) is 5.91 Å². The number of nitrogens with zero attached hydrogens (tertiary/aromatic N) is 1. The Hall–Kier alpha value is -2.56. The number of nitrogens with one attached hydrogen (secondary N) is 1. The van der Waals surface area contributed by atoms with Crippen LogP contribution in [-0.4, -0.2) is 17.5 Å². The zero-order valence-corrected chi connectivity index (χ0v) is 11.1. The summed E-state index contributed by atoms with van der Waals surface area (Å²) in [6.07, 6.45) is 3.71. The number of pyridine rings is 1. The minimum absolute atomic E-state index is 0.0663. The van der Waals surface area contributed by atoms with Gasteiger partial charge in [0.15, 0.2) is 0 Å². The molecule has 0 saturated heterocycles. The van der Waals surface area contributed by atoms with E-state index >= 15 is 0 Å². The average Bonchev–Trinajstić information content (AvgIpc) is 2.48. The number of anilines is 1. The van der Waals surface area contributed by atoms with Crippen molar-refractivity contribution >= 4 is 11.6 Å². The molecule has 20 heavy (non-hydrogen) atoms. The normalized spacial score (nSPS) is 10.0. The highest BCUT2D eigenvalue weighted by Gasteiger charge is 2.03. The monoisotopic (exact) mass is 271 g/mol. The number of nitrogen functional groups attached to an aromatic ring is 1. The van der Waals surface area contributed by atoms with Crippen molar-refractivity contribution in [3.8, 4) is 5.75 Å². The molecule has 0 spiro atoms. The molecular formula is C15H17N3O2. The number of carbonyl (C=O) groups excluding carboxylic acids is 1. The minimum Gasteiger partial charge on any atom is -0.491 e. The molecule has 2 aromatic rings. The van der Waals surface area contributed by atoms with Gasteiger partial charge in [0.1, 0.15) is 5.75 Å². The number of para-hydroxylation sites is 2. The molecule has 5 heteroatoms. The lowest BCUT2D eigenvalue weighted by Crippen LogP contribution is -2.24. The van der Waals surface area contributed by atoms with Gasteiger partial charge < -0.3 is 15.8 Å². The molecule has 2 rings (SSSR count). The number of benzene rings is 1. The fraction of sp³-hybridized carbons (Fsp3) is 0.200. The van der Waals surface area contributed by atoms with Crippen molar-refractivity contribution in [2.75, 3.05) is 12.3 Å². The van der Waals surface area contributed by atoms with Crippen LogP contribution in [-0.2, 0) is 11.3 Å². The predicted octanol–water partition coefficient (Wildman–Crippen LogP) is 1.75. The molecule has 1 aromatic carbocycles. The molecule has 0 radical (unpaired) electrons. The van der Waals surface area contributed by atoms with E-state index in [9.17, 15) is 4.79 Å². The minimum atomic E-state index is -0.0663. The van der Waals surface area contributed by atoms with E-state index in [4.69, 9.17) is 10.5 Å². The second kappa shape index (κ2) is 7.13. The van der Waals surface area contributed by atoms with Crippen LogP contribution in [0.4, 0.5) is 5.69 Å². The van der Waals surface area contributed by atoms with Crippen molar-refractivity contribution in [2.45, 2.75) is 13.0 Å². The summed E-state index contributed by atoms with van der Waals surface area (Å²) in [6.45, 7) is 0.771. The van der Waals surface area contributed by atoms with Gasteiger partial charge >= 0.3 is 0 Å². The Labute approximate surface area is 117 Å². The summed E-state index contributed by atoms with van der Waals surface area (Å²) in [6, 6.07) is 11.0. The van der Waals surface area contributed by atoms with E-state index in [1.807, 2.05) is 24.3 Å². The van der Waals surface area contributed by atoms with E-state index in [2.05, 4.69) is 10.3 Å². The molecule has 1 amide bonds. The van der Waals surface area contributed by atoms with Gasteiger partial charge in [-0.15, -0.1) is 0 Å². The molecule has 3 N–H and O–H groups in total. The Morgan fingerprint density at radius 1 is 1.25 bits per heavy atom. The Morgan fingerprint density at radius 3 is 2.85 bits per heavy atom. The lowest BCUT2D eigenvalue weighted by atomic mass is 10.3. The van der Waals surface area contributed by atoms with E-state index in [-0.39, 0.29) is 12.3 Å². The molecule has 0 aliphatic rings. The van der Waals surface area contributed by atoms with Gasteiger partial charge in [0, 0.05) is 18.9 Å². The van der Waals surface area contributed by atoms with E-state index < -0.39 is 0 Å². The molecule has 0 aliphatic carbocycles. The molecular weight excluding hydrogens is 254 g/mol. The van der Waals surface area contributed by atoms with Crippen LogP contribution in [0.15, 0.2) is 48.8 Å². The van der Waals surface area contributed by atoms with Crippen molar-refractivity contribution in [3.63, 3.8) is 0 Å². The van der Waals surface area contributed by atoms with Crippen molar-refractivity contribution in [1.82, 2.24) is 10.3 Å². The third-order valence-electron chi connectivity index (χ3n) is 2.72. The Morgan fingerprint density at radius 2 is 2.10 bits per heavy atom. The van der Waals surface area contributed by atoms with Crippen LogP contribution in [0.3, 0.4) is 0 Å². The first-order chi connectivity index (χ1) is 9.75. The van der Waals surface area contributed by atoms with Gasteiger partial charge in [-0.05, 0) is 23.8 Å². The average molecular weight is 271 g/mol. The van der Waals surface area contributed by atoms with E-state index in [0.717, 1.165) is 5.56 Å². The number of ether oxygens (including phenoxy) is 1. The summed E-state index contributed by atoms with van der Waals surface area (Å²) in [5.74, 6) is 0.538. The molecule has 0 saturated carbocycles. The van der Waals surface area contributed by atoms with Crippen LogP contribution in [0.25, 0.3) is 0 Å². The highest BCUT2D eigenvalue weighted by Crippen LogP contribution is 2.19. The molecule has 0 bridgehead atoms. The predicted molar refractivity (Wildman–Crippen MR) is 77.1 cm³/mol. The maximum atomic E-state index is 11.6. The van der Waals surface area contributed by atoms with Crippen LogP contribution in [0.5, 0.6) is 5.75 Å². The first-order valence-corrected chi connectivity index (χ1v) is 6.38. The number of nitrogens with two attached hydrogens (primary N) is 1. The van der Waals surface area contributed by atoms with Crippen LogP contribution in [0, 0.1) is 0 Å². The smallest absolute Gasteiger partial charge is 0.223 e. The summed E-state index contributed by atoms with van der Waals surface area (Å²) < 4.78 is 5.46. The van der Waals surface area contributed by atoms with Crippen LogP contribution in [0.1, 0.15) is 12.0 Å². The summed E-state index contributed by atoms with van der Waals surface area (Å²) in [7, 11) is 0. The quantitative estimate of drug-likeness (QED) is 0.785. The Kier molecular flexibility index (Phi) is 4.94. The van der Waals surface area contributed by atoms with Crippen LogP contribution >= 0.6 is 0 Å². The standard InChI is InChI=1S/C15H17N3O2/c16-13-5-1-2-6-14(13)20-9-7-15(19)18-11-12-4-3-8-17-10-12/h1-6,8,10H,7,9,11,16H2,(H,18,19). The van der Waals surface area contributed by atoms with E-state index in [1.165, 1.54) is 0 Å². The van der Waals surface area contributed by atoms with Gasteiger partial charge in [-0.2, -0.15) is 0 Å². The second-order valence-corrected chi connectivity index (χ2v) is 4.27. The van der Waals surface area contributed by atoms with Gasteiger partial charge in [0.05, 0.1) is 18.7 Å². The molecule has 0 atom stereocenters. The van der Waals surface area contributed by atoms with Gasteiger partial charge in [0.25, 0.3) is 0 Å². The maximum absolute atomic E-state index is 11.6. The first-order valence-electron chi connectivity index (χ1n) is 6.38. The summed E-state index contributed by atoms with van der Waals surface area (Å²) in [5, 5.41) is 2.81. The first kappa shape index (κ1) is 13.9. The van der Waals surface area contributed by atoms with Gasteiger partial charge in [-0.1, -0.05) is 18.2 Å².